The SMILES string of the molecule is CN(C)CC(=O)N1CCOC2(CCCN(c3ccccc3)C2)C1. The van der Waals surface area contributed by atoms with E-state index >= 15 is 0 Å². The fourth-order valence-corrected chi connectivity index (χ4v) is 3.63. The topological polar surface area (TPSA) is 36.0 Å². The maximum Gasteiger partial charge on any atom is 0.236 e. The molecule has 3 rings (SSSR count). The summed E-state index contributed by atoms with van der Waals surface area (Å²) in [7, 11) is 3.87. The van der Waals surface area contributed by atoms with Crippen LogP contribution in [0, 0.1) is 0 Å². The lowest BCUT2D eigenvalue weighted by molar-refractivity contribution is -0.152. The number of ether oxygens (including phenoxy) is 1. The molecule has 2 aliphatic heterocycles. The summed E-state index contributed by atoms with van der Waals surface area (Å²) in [6.07, 6.45) is 2.13. The Morgan fingerprint density at radius 2 is 2.00 bits per heavy atom. The first-order valence-electron chi connectivity index (χ1n) is 8.44. The number of amides is 1. The van der Waals surface area contributed by atoms with E-state index in [1.807, 2.05) is 30.0 Å². The number of anilines is 1. The second kappa shape index (κ2) is 6.89. The van der Waals surface area contributed by atoms with Gasteiger partial charge in [-0.3, -0.25) is 4.79 Å². The lowest BCUT2D eigenvalue weighted by Crippen LogP contribution is -2.61. The molecule has 0 bridgehead atoms. The maximum atomic E-state index is 12.4. The Hall–Kier alpha value is -1.59. The second-order valence-corrected chi connectivity index (χ2v) is 6.95. The molecule has 0 aliphatic carbocycles. The number of carbonyl (C=O) groups is 1. The molecular weight excluding hydrogens is 290 g/mol. The third-order valence-corrected chi connectivity index (χ3v) is 4.71. The van der Waals surface area contributed by atoms with Crippen molar-refractivity contribution in [2.45, 2.75) is 18.4 Å². The van der Waals surface area contributed by atoms with Crippen LogP contribution in [0.4, 0.5) is 5.69 Å². The number of carbonyl (C=O) groups excluding carboxylic acids is 1. The van der Waals surface area contributed by atoms with E-state index in [9.17, 15) is 4.79 Å². The Labute approximate surface area is 138 Å². The van der Waals surface area contributed by atoms with Crippen LogP contribution in [0.15, 0.2) is 30.3 Å². The lowest BCUT2D eigenvalue weighted by Gasteiger charge is -2.48. The normalized spacial score (nSPS) is 25.2. The van der Waals surface area contributed by atoms with Gasteiger partial charge in [0, 0.05) is 25.3 Å². The molecule has 1 spiro atoms. The van der Waals surface area contributed by atoms with Gasteiger partial charge >= 0.3 is 0 Å². The zero-order valence-corrected chi connectivity index (χ0v) is 14.2. The number of benzene rings is 1. The Balaban J connectivity index is 1.69. The van der Waals surface area contributed by atoms with E-state index < -0.39 is 0 Å². The molecule has 2 saturated heterocycles. The molecule has 1 aromatic carbocycles. The third kappa shape index (κ3) is 3.85. The summed E-state index contributed by atoms with van der Waals surface area (Å²) in [4.78, 5) is 18.7. The second-order valence-electron chi connectivity index (χ2n) is 6.95. The van der Waals surface area contributed by atoms with Crippen LogP contribution in [-0.2, 0) is 9.53 Å². The summed E-state index contributed by atoms with van der Waals surface area (Å²) < 4.78 is 6.19. The van der Waals surface area contributed by atoms with Crippen molar-refractivity contribution in [3.63, 3.8) is 0 Å². The molecule has 5 nitrogen and oxygen atoms in total. The molecule has 0 aromatic heterocycles. The number of piperidine rings is 1. The van der Waals surface area contributed by atoms with E-state index in [-0.39, 0.29) is 11.5 Å². The molecule has 1 atom stereocenters. The van der Waals surface area contributed by atoms with E-state index in [0.717, 1.165) is 25.9 Å². The maximum absolute atomic E-state index is 12.4. The molecule has 1 amide bonds. The Morgan fingerprint density at radius 1 is 1.22 bits per heavy atom. The first-order valence-corrected chi connectivity index (χ1v) is 8.44. The monoisotopic (exact) mass is 317 g/mol. The summed E-state index contributed by atoms with van der Waals surface area (Å²) in [5.41, 5.74) is 1.03. The number of likely N-dealkylation sites (N-methyl/N-ethyl adjacent to an activating group) is 1. The van der Waals surface area contributed by atoms with Gasteiger partial charge in [0.25, 0.3) is 0 Å². The minimum Gasteiger partial charge on any atom is -0.369 e. The largest absolute Gasteiger partial charge is 0.369 e. The average Bonchev–Trinajstić information content (AvgIpc) is 2.55. The molecule has 126 valence electrons. The van der Waals surface area contributed by atoms with Gasteiger partial charge in [-0.25, -0.2) is 0 Å². The summed E-state index contributed by atoms with van der Waals surface area (Å²) in [5.74, 6) is 0.203. The highest BCUT2D eigenvalue weighted by molar-refractivity contribution is 5.78. The molecule has 2 heterocycles. The van der Waals surface area contributed by atoms with Crippen molar-refractivity contribution in [2.24, 2.45) is 0 Å². The van der Waals surface area contributed by atoms with Gasteiger partial charge in [-0.05, 0) is 39.1 Å². The average molecular weight is 317 g/mol. The highest BCUT2D eigenvalue weighted by Crippen LogP contribution is 2.31. The first kappa shape index (κ1) is 16.3. The lowest BCUT2D eigenvalue weighted by atomic mass is 9.90. The predicted molar refractivity (Wildman–Crippen MR) is 91.7 cm³/mol. The van der Waals surface area contributed by atoms with E-state index in [4.69, 9.17) is 4.74 Å². The van der Waals surface area contributed by atoms with Gasteiger partial charge < -0.3 is 19.4 Å². The fraction of sp³-hybridized carbons (Fsp3) is 0.611. The van der Waals surface area contributed by atoms with Crippen LogP contribution in [0.25, 0.3) is 0 Å². The van der Waals surface area contributed by atoms with Crippen molar-refractivity contribution in [3.05, 3.63) is 30.3 Å². The van der Waals surface area contributed by atoms with E-state index in [2.05, 4.69) is 29.2 Å². The van der Waals surface area contributed by atoms with Crippen molar-refractivity contribution in [1.82, 2.24) is 9.80 Å². The van der Waals surface area contributed by atoms with Gasteiger partial charge in [0.15, 0.2) is 0 Å². The number of nitrogens with zero attached hydrogens (tertiary/aromatic N) is 3. The van der Waals surface area contributed by atoms with Crippen LogP contribution >= 0.6 is 0 Å². The van der Waals surface area contributed by atoms with Gasteiger partial charge in [-0.2, -0.15) is 0 Å². The van der Waals surface area contributed by atoms with Crippen molar-refractivity contribution in [2.75, 3.05) is 58.3 Å². The van der Waals surface area contributed by atoms with Crippen LogP contribution in [0.5, 0.6) is 0 Å². The Kier molecular flexibility index (Phi) is 4.87. The van der Waals surface area contributed by atoms with E-state index in [1.54, 1.807) is 0 Å². The van der Waals surface area contributed by atoms with Crippen LogP contribution in [0.2, 0.25) is 0 Å². The summed E-state index contributed by atoms with van der Waals surface area (Å²) >= 11 is 0. The van der Waals surface area contributed by atoms with Crippen molar-refractivity contribution in [3.8, 4) is 0 Å². The van der Waals surface area contributed by atoms with Crippen LogP contribution in [-0.4, -0.2) is 74.7 Å². The highest BCUT2D eigenvalue weighted by Gasteiger charge is 2.41. The van der Waals surface area contributed by atoms with E-state index in [0.29, 0.717) is 26.2 Å². The minimum absolute atomic E-state index is 0.203. The van der Waals surface area contributed by atoms with Gasteiger partial charge in [0.2, 0.25) is 5.91 Å². The fourth-order valence-electron chi connectivity index (χ4n) is 3.63. The van der Waals surface area contributed by atoms with Gasteiger partial charge in [0.1, 0.15) is 5.60 Å². The molecule has 5 heteroatoms. The standard InChI is InChI=1S/C18H27N3O2/c1-19(2)13-17(22)21-11-12-23-18(15-21)9-6-10-20(14-18)16-7-4-3-5-8-16/h3-5,7-8H,6,9-15H2,1-2H3. The van der Waals surface area contributed by atoms with Crippen LogP contribution in [0.1, 0.15) is 12.8 Å². The molecule has 1 unspecified atom stereocenters. The third-order valence-electron chi connectivity index (χ3n) is 4.71. The predicted octanol–water partition coefficient (Wildman–Crippen LogP) is 1.45. The molecule has 23 heavy (non-hydrogen) atoms. The smallest absolute Gasteiger partial charge is 0.236 e. The van der Waals surface area contributed by atoms with E-state index in [1.165, 1.54) is 5.69 Å². The molecule has 0 N–H and O–H groups in total. The summed E-state index contributed by atoms with van der Waals surface area (Å²) in [5, 5.41) is 0. The van der Waals surface area contributed by atoms with Gasteiger partial charge in [-0.15, -0.1) is 0 Å². The molecular formula is C18H27N3O2. The molecule has 0 radical (unpaired) electrons. The van der Waals surface area contributed by atoms with Crippen molar-refractivity contribution >= 4 is 11.6 Å². The molecule has 2 fully saturated rings. The highest BCUT2D eigenvalue weighted by atomic mass is 16.5. The molecule has 1 aromatic rings. The molecule has 2 aliphatic rings. The quantitative estimate of drug-likeness (QED) is 0.845. The number of morpholine rings is 1. The van der Waals surface area contributed by atoms with Crippen molar-refractivity contribution < 1.29 is 9.53 Å². The number of para-hydroxylation sites is 1. The summed E-state index contributed by atoms with van der Waals surface area (Å²) in [6.45, 7) is 4.45. The van der Waals surface area contributed by atoms with Gasteiger partial charge in [0.05, 0.1) is 19.7 Å². The number of rotatable bonds is 3. The van der Waals surface area contributed by atoms with Crippen LogP contribution in [0.3, 0.4) is 0 Å². The van der Waals surface area contributed by atoms with Gasteiger partial charge in [-0.1, -0.05) is 18.2 Å². The van der Waals surface area contributed by atoms with Crippen molar-refractivity contribution in [1.29, 1.82) is 0 Å². The first-order chi connectivity index (χ1) is 11.1. The molecule has 0 saturated carbocycles. The zero-order valence-electron chi connectivity index (χ0n) is 14.2. The minimum atomic E-state index is -0.214. The Morgan fingerprint density at radius 3 is 2.74 bits per heavy atom. The Bertz CT molecular complexity index is 530. The number of hydrogen-bond acceptors (Lipinski definition) is 4. The van der Waals surface area contributed by atoms with Crippen LogP contribution < -0.4 is 4.90 Å². The zero-order chi connectivity index (χ0) is 16.3. The number of hydrogen-bond donors (Lipinski definition) is 0. The summed E-state index contributed by atoms with van der Waals surface area (Å²) in [6, 6.07) is 10.5.